The summed E-state index contributed by atoms with van der Waals surface area (Å²) in [5, 5.41) is 0. The maximum absolute atomic E-state index is 5.93. The quantitative estimate of drug-likeness (QED) is 0.125. The molecule has 7 aromatic rings. The van der Waals surface area contributed by atoms with Crippen LogP contribution in [0, 0.1) is 40.5 Å². The molecule has 0 N–H and O–H groups in total. The average Bonchev–Trinajstić information content (AvgIpc) is 4.00. The Hall–Kier alpha value is -7.22. The SMILES string of the molecule is C/C=C(\c1c(CC)oc(C)c1/C=C\CC)C(C)C.C=C/C=C(\C=C)CC.C=Cc1c(C)cc2c(c1C=C)-c1ccc(C)cc1C21c2ccccc2-c2ccccc21.CC.Cc1ccccc1.Cc1ccccc1. The van der Waals surface area contributed by atoms with Gasteiger partial charge < -0.3 is 4.42 Å². The zero-order chi connectivity index (χ0) is 53.7. The van der Waals surface area contributed by atoms with E-state index in [2.05, 4.69) is 218 Å². The minimum Gasteiger partial charge on any atom is -0.465 e. The normalized spacial score (nSPS) is 12.1. The number of fused-ring (bicyclic) bond motifs is 10. The zero-order valence-electron chi connectivity index (χ0n) is 46.8. The maximum atomic E-state index is 5.93. The minimum absolute atomic E-state index is 0.300. The highest BCUT2D eigenvalue weighted by Crippen LogP contribution is 2.64. The van der Waals surface area contributed by atoms with Crippen molar-refractivity contribution in [2.24, 2.45) is 5.92 Å². The van der Waals surface area contributed by atoms with E-state index in [0.717, 1.165) is 30.8 Å². The number of hydrogen-bond donors (Lipinski definition) is 0. The van der Waals surface area contributed by atoms with Crippen LogP contribution in [0.2, 0.25) is 0 Å². The molecule has 1 aromatic heterocycles. The molecule has 0 atom stereocenters. The summed E-state index contributed by atoms with van der Waals surface area (Å²) in [6.07, 6.45) is 19.2. The molecule has 0 bridgehead atoms. The largest absolute Gasteiger partial charge is 0.465 e. The molecule has 2 aliphatic carbocycles. The highest BCUT2D eigenvalue weighted by Gasteiger charge is 2.52. The first-order valence-electron chi connectivity index (χ1n) is 26.5. The molecule has 0 fully saturated rings. The summed E-state index contributed by atoms with van der Waals surface area (Å²) < 4.78 is 5.93. The summed E-state index contributed by atoms with van der Waals surface area (Å²) in [4.78, 5) is 0. The van der Waals surface area contributed by atoms with E-state index in [4.69, 9.17) is 4.42 Å². The number of aryl methyl sites for hydroxylation is 6. The molecule has 0 unspecified atom stereocenters. The summed E-state index contributed by atoms with van der Waals surface area (Å²) in [7, 11) is 0. The van der Waals surface area contributed by atoms with Crippen molar-refractivity contribution in [3.63, 3.8) is 0 Å². The van der Waals surface area contributed by atoms with Crippen molar-refractivity contribution in [3.05, 3.63) is 274 Å². The van der Waals surface area contributed by atoms with E-state index in [9.17, 15) is 0 Å². The second-order valence-electron chi connectivity index (χ2n) is 18.5. The Kier molecular flexibility index (Phi) is 23.0. The van der Waals surface area contributed by atoms with Crippen LogP contribution in [-0.2, 0) is 11.8 Å². The molecular formula is C72H84O. The molecule has 9 rings (SSSR count). The molecule has 1 heterocycles. The first-order chi connectivity index (χ1) is 35.3. The summed E-state index contributed by atoms with van der Waals surface area (Å²) >= 11 is 0. The fraction of sp³-hybridized carbons (Fsp3) is 0.250. The van der Waals surface area contributed by atoms with E-state index in [1.165, 1.54) is 100 Å². The smallest absolute Gasteiger partial charge is 0.112 e. The van der Waals surface area contributed by atoms with Gasteiger partial charge in [0.25, 0.3) is 0 Å². The molecule has 0 radical (unpaired) electrons. The Morgan fingerprint density at radius 2 is 1.12 bits per heavy atom. The lowest BCUT2D eigenvalue weighted by atomic mass is 9.70. The van der Waals surface area contributed by atoms with Crippen molar-refractivity contribution in [1.29, 1.82) is 0 Å². The average molecular weight is 965 g/mol. The van der Waals surface area contributed by atoms with E-state index in [0.29, 0.717) is 5.92 Å². The second kappa shape index (κ2) is 28.7. The van der Waals surface area contributed by atoms with E-state index in [1.807, 2.05) is 74.5 Å². The molecule has 0 saturated carbocycles. The maximum Gasteiger partial charge on any atom is 0.112 e. The third kappa shape index (κ3) is 13.3. The first kappa shape index (κ1) is 58.4. The fourth-order valence-corrected chi connectivity index (χ4v) is 10.0. The first-order valence-corrected chi connectivity index (χ1v) is 26.5. The van der Waals surface area contributed by atoms with E-state index >= 15 is 0 Å². The van der Waals surface area contributed by atoms with E-state index < -0.39 is 0 Å². The lowest BCUT2D eigenvalue weighted by Crippen LogP contribution is -2.26. The van der Waals surface area contributed by atoms with Crippen LogP contribution in [0.1, 0.15) is 147 Å². The monoisotopic (exact) mass is 965 g/mol. The van der Waals surface area contributed by atoms with Crippen molar-refractivity contribution in [1.82, 2.24) is 0 Å². The van der Waals surface area contributed by atoms with Gasteiger partial charge in [0.15, 0.2) is 0 Å². The van der Waals surface area contributed by atoms with Gasteiger partial charge in [-0.25, -0.2) is 0 Å². The summed E-state index contributed by atoms with van der Waals surface area (Å²) in [5.74, 6) is 2.67. The Morgan fingerprint density at radius 3 is 1.53 bits per heavy atom. The zero-order valence-corrected chi connectivity index (χ0v) is 46.8. The predicted molar refractivity (Wildman–Crippen MR) is 326 cm³/mol. The molecule has 0 saturated heterocycles. The van der Waals surface area contributed by atoms with Crippen LogP contribution < -0.4 is 0 Å². The van der Waals surface area contributed by atoms with Gasteiger partial charge in [-0.1, -0.05) is 274 Å². The molecule has 2 aliphatic rings. The highest BCUT2D eigenvalue weighted by atomic mass is 16.3. The lowest BCUT2D eigenvalue weighted by molar-refractivity contribution is 0.487. The van der Waals surface area contributed by atoms with Gasteiger partial charge in [0, 0.05) is 17.5 Å². The molecule has 1 nitrogen and oxygen atoms in total. The van der Waals surface area contributed by atoms with Gasteiger partial charge >= 0.3 is 0 Å². The van der Waals surface area contributed by atoms with Gasteiger partial charge in [0.2, 0.25) is 0 Å². The number of rotatable bonds is 10. The second-order valence-corrected chi connectivity index (χ2v) is 18.5. The van der Waals surface area contributed by atoms with Gasteiger partial charge in [-0.15, -0.1) is 0 Å². The van der Waals surface area contributed by atoms with Crippen molar-refractivity contribution in [3.8, 4) is 22.3 Å². The lowest BCUT2D eigenvalue weighted by Gasteiger charge is -2.31. The van der Waals surface area contributed by atoms with Crippen LogP contribution in [0.3, 0.4) is 0 Å². The van der Waals surface area contributed by atoms with Crippen molar-refractivity contribution >= 4 is 23.8 Å². The Labute approximate surface area is 442 Å². The van der Waals surface area contributed by atoms with Crippen LogP contribution in [0.4, 0.5) is 0 Å². The molecule has 6 aromatic carbocycles. The molecule has 378 valence electrons. The van der Waals surface area contributed by atoms with Crippen LogP contribution >= 0.6 is 0 Å². The third-order valence-electron chi connectivity index (χ3n) is 13.4. The van der Waals surface area contributed by atoms with E-state index in [1.54, 1.807) is 6.08 Å². The predicted octanol–water partition coefficient (Wildman–Crippen LogP) is 21.3. The van der Waals surface area contributed by atoms with Gasteiger partial charge in [-0.2, -0.15) is 0 Å². The molecule has 0 aliphatic heterocycles. The summed E-state index contributed by atoms with van der Waals surface area (Å²) in [5.41, 5.74) is 23.2. The molecule has 0 amide bonds. The number of allylic oxidation sites excluding steroid dienone is 7. The van der Waals surface area contributed by atoms with Crippen molar-refractivity contribution in [2.45, 2.75) is 115 Å². The number of furan rings is 1. The summed E-state index contributed by atoms with van der Waals surface area (Å²) in [6.45, 7) is 43.1. The molecule has 1 heteroatoms. The number of benzene rings is 6. The molecule has 73 heavy (non-hydrogen) atoms. The molecule has 1 spiro atoms. The van der Waals surface area contributed by atoms with Gasteiger partial charge in [-0.05, 0) is 133 Å². The van der Waals surface area contributed by atoms with Gasteiger partial charge in [0.1, 0.15) is 11.5 Å². The topological polar surface area (TPSA) is 13.1 Å². The molecular weight excluding hydrogens is 881 g/mol. The highest BCUT2D eigenvalue weighted by molar-refractivity contribution is 5.99. The standard InChI is InChI=1S/C31H24.C17H26O.C8H12.2C7H8.C2H6/c1-5-21-20(4)18-29-30(22(21)6-2)25-16-15-19(3)17-28(25)31(29)26-13-9-7-11-23(26)24-12-8-10-14-27(24)31;1-7-10-11-15-13(6)18-16(9-3)17(15)14(8-2)12(4)5;1-4-7-8(5-2)6-3;2*1-7-5-3-2-4-6-7;1-2/h5-18H,1-2H2,3-4H3;8,10-12H,7,9H2,1-6H3;4-5,7H,1-2,6H2,3H3;2*2-6H,1H3;1-2H3/b;11-10-,14-8-;8-7+;;;. The fourth-order valence-electron chi connectivity index (χ4n) is 10.0. The Balaban J connectivity index is 0.000000231. The minimum atomic E-state index is -0.300. The Morgan fingerprint density at radius 1 is 0.589 bits per heavy atom. The third-order valence-corrected chi connectivity index (χ3v) is 13.4. The van der Waals surface area contributed by atoms with Crippen LogP contribution in [0.15, 0.2) is 200 Å². The van der Waals surface area contributed by atoms with Crippen LogP contribution in [-0.4, -0.2) is 0 Å². The van der Waals surface area contributed by atoms with Crippen LogP contribution in [0.25, 0.3) is 46.1 Å². The Bertz CT molecular complexity index is 2930. The van der Waals surface area contributed by atoms with E-state index in [-0.39, 0.29) is 5.41 Å². The number of hydrogen-bond acceptors (Lipinski definition) is 1. The van der Waals surface area contributed by atoms with Crippen molar-refractivity contribution < 1.29 is 4.42 Å². The summed E-state index contributed by atoms with van der Waals surface area (Å²) in [6, 6.07) is 47.7. The van der Waals surface area contributed by atoms with Crippen LogP contribution in [0.5, 0.6) is 0 Å². The van der Waals surface area contributed by atoms with Gasteiger partial charge in [-0.3, -0.25) is 0 Å². The van der Waals surface area contributed by atoms with Gasteiger partial charge in [0.05, 0.1) is 5.41 Å². The van der Waals surface area contributed by atoms with Crippen molar-refractivity contribution in [2.75, 3.05) is 0 Å².